The molecule has 1 aromatic heterocycles. The Balaban J connectivity index is 1.30. The van der Waals surface area contributed by atoms with E-state index in [4.69, 9.17) is 9.47 Å². The summed E-state index contributed by atoms with van der Waals surface area (Å²) in [5, 5.41) is 11.9. The van der Waals surface area contributed by atoms with Crippen LogP contribution in [-0.4, -0.2) is 29.5 Å². The largest absolute Gasteiger partial charge is 0.496 e. The van der Waals surface area contributed by atoms with Crippen LogP contribution < -0.4 is 14.8 Å². The van der Waals surface area contributed by atoms with Crippen molar-refractivity contribution < 1.29 is 9.47 Å². The molecular formula is C22H27N3O2. The van der Waals surface area contributed by atoms with Crippen LogP contribution >= 0.6 is 0 Å². The Bertz CT molecular complexity index is 897. The molecule has 142 valence electrons. The fourth-order valence-corrected chi connectivity index (χ4v) is 3.93. The van der Waals surface area contributed by atoms with E-state index in [2.05, 4.69) is 40.6 Å². The lowest BCUT2D eigenvalue weighted by Gasteiger charge is -2.30. The molecule has 1 saturated carbocycles. The first-order valence-corrected chi connectivity index (χ1v) is 9.69. The third-order valence-corrected chi connectivity index (χ3v) is 5.59. The maximum Gasteiger partial charge on any atom is 0.123 e. The zero-order chi connectivity index (χ0) is 18.6. The van der Waals surface area contributed by atoms with Crippen LogP contribution in [0.5, 0.6) is 11.5 Å². The lowest BCUT2D eigenvalue weighted by molar-refractivity contribution is 0.138. The van der Waals surface area contributed by atoms with Gasteiger partial charge in [0.15, 0.2) is 0 Å². The molecule has 1 aliphatic rings. The van der Waals surface area contributed by atoms with E-state index in [0.29, 0.717) is 6.04 Å². The van der Waals surface area contributed by atoms with Crippen molar-refractivity contribution in [3.63, 3.8) is 0 Å². The number of nitrogens with zero attached hydrogens (tertiary/aromatic N) is 1. The summed E-state index contributed by atoms with van der Waals surface area (Å²) in [5.74, 6) is 1.93. The number of aromatic nitrogens is 2. The molecule has 0 unspecified atom stereocenters. The highest BCUT2D eigenvalue weighted by Gasteiger charge is 2.23. The molecule has 2 aromatic carbocycles. The number of H-pyrrole nitrogens is 1. The summed E-state index contributed by atoms with van der Waals surface area (Å²) < 4.78 is 11.8. The number of hydrogen-bond donors (Lipinski definition) is 2. The van der Waals surface area contributed by atoms with Gasteiger partial charge in [-0.3, -0.25) is 5.10 Å². The van der Waals surface area contributed by atoms with Gasteiger partial charge in [-0.05, 0) is 50.8 Å². The van der Waals surface area contributed by atoms with Gasteiger partial charge in [-0.15, -0.1) is 0 Å². The number of nitrogens with one attached hydrogen (secondary N) is 2. The summed E-state index contributed by atoms with van der Waals surface area (Å²) in [4.78, 5) is 0. The van der Waals surface area contributed by atoms with Gasteiger partial charge in [-0.1, -0.05) is 18.2 Å². The first kappa shape index (κ1) is 17.9. The van der Waals surface area contributed by atoms with E-state index >= 15 is 0 Å². The van der Waals surface area contributed by atoms with Crippen LogP contribution in [0.3, 0.4) is 0 Å². The molecule has 0 saturated heterocycles. The van der Waals surface area contributed by atoms with Crippen molar-refractivity contribution in [3.05, 3.63) is 53.7 Å². The average Bonchev–Trinajstić information content (AvgIpc) is 3.19. The Morgan fingerprint density at radius 3 is 2.70 bits per heavy atom. The van der Waals surface area contributed by atoms with E-state index in [9.17, 15) is 0 Å². The number of ether oxygens (including phenoxy) is 2. The van der Waals surface area contributed by atoms with Gasteiger partial charge in [-0.25, -0.2) is 0 Å². The summed E-state index contributed by atoms with van der Waals surface area (Å²) in [6, 6.07) is 12.8. The Morgan fingerprint density at radius 1 is 1.07 bits per heavy atom. The van der Waals surface area contributed by atoms with Crippen molar-refractivity contribution in [1.29, 1.82) is 0 Å². The topological polar surface area (TPSA) is 59.2 Å². The molecule has 0 spiro atoms. The van der Waals surface area contributed by atoms with Gasteiger partial charge in [0.2, 0.25) is 0 Å². The monoisotopic (exact) mass is 365 g/mol. The first-order chi connectivity index (χ1) is 13.2. The third-order valence-electron chi connectivity index (χ3n) is 5.59. The molecule has 27 heavy (non-hydrogen) atoms. The summed E-state index contributed by atoms with van der Waals surface area (Å²) in [5.41, 5.74) is 3.43. The smallest absolute Gasteiger partial charge is 0.123 e. The second-order valence-corrected chi connectivity index (χ2v) is 7.30. The van der Waals surface area contributed by atoms with Gasteiger partial charge >= 0.3 is 0 Å². The second kappa shape index (κ2) is 8.01. The molecule has 1 fully saturated rings. The highest BCUT2D eigenvalue weighted by atomic mass is 16.5. The maximum absolute atomic E-state index is 6.32. The van der Waals surface area contributed by atoms with Crippen LogP contribution in [0.4, 0.5) is 0 Å². The van der Waals surface area contributed by atoms with E-state index in [-0.39, 0.29) is 6.10 Å². The van der Waals surface area contributed by atoms with Crippen LogP contribution in [-0.2, 0) is 6.54 Å². The SMILES string of the molecule is COc1ccccc1CN[C@H]1CC[C@@H](Oc2ccc3[nH]ncc3c2C)CC1. The fraction of sp³-hybridized carbons (Fsp3) is 0.409. The fourth-order valence-electron chi connectivity index (χ4n) is 3.93. The van der Waals surface area contributed by atoms with E-state index < -0.39 is 0 Å². The number of aromatic amines is 1. The number of benzene rings is 2. The molecule has 0 amide bonds. The van der Waals surface area contributed by atoms with Gasteiger partial charge in [0.05, 0.1) is 24.9 Å². The van der Waals surface area contributed by atoms with Gasteiger partial charge in [0, 0.05) is 29.1 Å². The Hall–Kier alpha value is -2.53. The molecule has 0 atom stereocenters. The molecule has 3 aromatic rings. The third kappa shape index (κ3) is 3.93. The predicted molar refractivity (Wildman–Crippen MR) is 107 cm³/mol. The highest BCUT2D eigenvalue weighted by Crippen LogP contribution is 2.30. The van der Waals surface area contributed by atoms with Crippen LogP contribution in [0.1, 0.15) is 36.8 Å². The van der Waals surface area contributed by atoms with Crippen LogP contribution in [0.15, 0.2) is 42.6 Å². The van der Waals surface area contributed by atoms with E-state index in [1.807, 2.05) is 24.4 Å². The molecule has 2 N–H and O–H groups in total. The maximum atomic E-state index is 6.32. The summed E-state index contributed by atoms with van der Waals surface area (Å²) in [6.07, 6.45) is 6.58. The lowest BCUT2D eigenvalue weighted by atomic mass is 9.92. The Morgan fingerprint density at radius 2 is 1.89 bits per heavy atom. The molecule has 1 heterocycles. The number of fused-ring (bicyclic) bond motifs is 1. The van der Waals surface area contributed by atoms with E-state index in [0.717, 1.165) is 60.2 Å². The zero-order valence-electron chi connectivity index (χ0n) is 16.0. The van der Waals surface area contributed by atoms with Crippen molar-refractivity contribution in [2.75, 3.05) is 7.11 Å². The lowest BCUT2D eigenvalue weighted by Crippen LogP contribution is -2.36. The molecule has 0 aliphatic heterocycles. The highest BCUT2D eigenvalue weighted by molar-refractivity contribution is 5.83. The Labute approximate surface area is 160 Å². The van der Waals surface area contributed by atoms with Crippen LogP contribution in [0.25, 0.3) is 10.9 Å². The first-order valence-electron chi connectivity index (χ1n) is 9.69. The summed E-state index contributed by atoms with van der Waals surface area (Å²) >= 11 is 0. The number of para-hydroxylation sites is 1. The Kier molecular flexibility index (Phi) is 5.30. The number of rotatable bonds is 6. The van der Waals surface area contributed by atoms with Crippen molar-refractivity contribution in [2.24, 2.45) is 0 Å². The number of methoxy groups -OCH3 is 1. The van der Waals surface area contributed by atoms with Crippen molar-refractivity contribution in [3.8, 4) is 11.5 Å². The molecule has 4 rings (SSSR count). The summed E-state index contributed by atoms with van der Waals surface area (Å²) in [7, 11) is 1.73. The van der Waals surface area contributed by atoms with Gasteiger partial charge in [0.25, 0.3) is 0 Å². The van der Waals surface area contributed by atoms with Crippen molar-refractivity contribution in [2.45, 2.75) is 51.3 Å². The number of hydrogen-bond acceptors (Lipinski definition) is 4. The van der Waals surface area contributed by atoms with Crippen LogP contribution in [0, 0.1) is 6.92 Å². The minimum absolute atomic E-state index is 0.289. The molecular weight excluding hydrogens is 338 g/mol. The van der Waals surface area contributed by atoms with Crippen LogP contribution in [0.2, 0.25) is 0 Å². The minimum Gasteiger partial charge on any atom is -0.496 e. The second-order valence-electron chi connectivity index (χ2n) is 7.30. The number of aryl methyl sites for hydroxylation is 1. The van der Waals surface area contributed by atoms with Crippen molar-refractivity contribution in [1.82, 2.24) is 15.5 Å². The molecule has 0 bridgehead atoms. The van der Waals surface area contributed by atoms with E-state index in [1.54, 1.807) is 7.11 Å². The van der Waals surface area contributed by atoms with E-state index in [1.165, 1.54) is 5.56 Å². The molecule has 5 heteroatoms. The molecule has 5 nitrogen and oxygen atoms in total. The zero-order valence-corrected chi connectivity index (χ0v) is 16.0. The van der Waals surface area contributed by atoms with Gasteiger partial charge < -0.3 is 14.8 Å². The average molecular weight is 365 g/mol. The quantitative estimate of drug-likeness (QED) is 0.681. The summed E-state index contributed by atoms with van der Waals surface area (Å²) in [6.45, 7) is 2.95. The van der Waals surface area contributed by atoms with Crippen molar-refractivity contribution >= 4 is 10.9 Å². The van der Waals surface area contributed by atoms with Gasteiger partial charge in [-0.2, -0.15) is 5.10 Å². The standard InChI is InChI=1S/C22H27N3O2/c1-15-19-14-24-25-20(19)11-12-21(15)27-18-9-7-17(8-10-18)23-13-16-5-3-4-6-22(16)26-2/h3-6,11-12,14,17-18,23H,7-10,13H2,1-2H3,(H,24,25)/t17-,18+. The molecule has 0 radical (unpaired) electrons. The molecule has 1 aliphatic carbocycles. The van der Waals surface area contributed by atoms with Gasteiger partial charge in [0.1, 0.15) is 11.5 Å². The predicted octanol–water partition coefficient (Wildman–Crippen LogP) is 4.36. The normalized spacial score (nSPS) is 19.9. The minimum atomic E-state index is 0.289.